The monoisotopic (exact) mass is 558 g/mol. The van der Waals surface area contributed by atoms with Crippen molar-refractivity contribution in [1.29, 1.82) is 0 Å². The lowest BCUT2D eigenvalue weighted by molar-refractivity contribution is -0.117. The van der Waals surface area contributed by atoms with Gasteiger partial charge in [0.2, 0.25) is 12.3 Å². The molecule has 0 spiro atoms. The molecule has 0 heterocycles. The molecule has 2 aromatic carbocycles. The lowest BCUT2D eigenvalue weighted by Crippen LogP contribution is -2.19. The molecular weight excluding hydrogens is 534 g/mol. The molecule has 3 rings (SSSR count). The van der Waals surface area contributed by atoms with Crippen LogP contribution in [0.5, 0.6) is 5.75 Å². The summed E-state index contributed by atoms with van der Waals surface area (Å²) in [5.41, 5.74) is 1.43. The fraction of sp³-hybridized carbons (Fsp3) is 0.391. The van der Waals surface area contributed by atoms with Crippen molar-refractivity contribution in [2.75, 3.05) is 19.0 Å². The Labute approximate surface area is 205 Å². The first-order valence-electron chi connectivity index (χ1n) is 10.6. The summed E-state index contributed by atoms with van der Waals surface area (Å²) in [4.78, 5) is 25.1. The SMILES string of the molecule is CN(C=O)Cc1cc(NC(=O)CCc2cc(Br)ccc2OCC(F)F)ccc1S(=O)(=O)C1CC1. The van der Waals surface area contributed by atoms with Gasteiger partial charge in [-0.15, -0.1) is 0 Å². The number of rotatable bonds is 12. The van der Waals surface area contributed by atoms with Crippen LogP contribution >= 0.6 is 15.9 Å². The number of hydrogen-bond donors (Lipinski definition) is 1. The third-order valence-corrected chi connectivity index (χ3v) is 8.08. The van der Waals surface area contributed by atoms with E-state index in [2.05, 4.69) is 21.2 Å². The molecule has 2 amide bonds. The molecule has 184 valence electrons. The summed E-state index contributed by atoms with van der Waals surface area (Å²) in [6.45, 7) is -0.660. The second-order valence-electron chi connectivity index (χ2n) is 8.09. The number of nitrogens with zero attached hydrogens (tertiary/aromatic N) is 1. The largest absolute Gasteiger partial charge is 0.487 e. The first-order chi connectivity index (χ1) is 16.1. The van der Waals surface area contributed by atoms with E-state index in [0.717, 1.165) is 4.47 Å². The van der Waals surface area contributed by atoms with E-state index in [1.165, 1.54) is 24.1 Å². The molecule has 0 radical (unpaired) electrons. The van der Waals surface area contributed by atoms with E-state index >= 15 is 0 Å². The summed E-state index contributed by atoms with van der Waals surface area (Å²) in [5, 5.41) is 2.34. The number of sulfone groups is 1. The van der Waals surface area contributed by atoms with Gasteiger partial charge in [0.15, 0.2) is 9.84 Å². The Kier molecular flexibility index (Phi) is 8.64. The van der Waals surface area contributed by atoms with Gasteiger partial charge < -0.3 is 15.0 Å². The number of benzene rings is 2. The van der Waals surface area contributed by atoms with Gasteiger partial charge in [-0.1, -0.05) is 15.9 Å². The molecule has 0 unspecified atom stereocenters. The number of aryl methyl sites for hydroxylation is 1. The summed E-state index contributed by atoms with van der Waals surface area (Å²) in [6.07, 6.45) is -0.486. The predicted molar refractivity (Wildman–Crippen MR) is 127 cm³/mol. The molecular formula is C23H25BrF2N2O5S. The Hall–Kier alpha value is -2.53. The highest BCUT2D eigenvalue weighted by Crippen LogP contribution is 2.36. The van der Waals surface area contributed by atoms with Crippen molar-refractivity contribution in [3.8, 4) is 5.75 Å². The van der Waals surface area contributed by atoms with Gasteiger partial charge in [-0.3, -0.25) is 9.59 Å². The highest BCUT2D eigenvalue weighted by atomic mass is 79.9. The zero-order valence-electron chi connectivity index (χ0n) is 18.5. The highest BCUT2D eigenvalue weighted by molar-refractivity contribution is 9.10. The van der Waals surface area contributed by atoms with Crippen LogP contribution in [0.3, 0.4) is 0 Å². The molecule has 0 aliphatic heterocycles. The van der Waals surface area contributed by atoms with Crippen LogP contribution in [0.2, 0.25) is 0 Å². The second-order valence-corrected chi connectivity index (χ2v) is 11.2. The average Bonchev–Trinajstić information content (AvgIpc) is 3.63. The number of carbonyl (C=O) groups excluding carboxylic acids is 2. The summed E-state index contributed by atoms with van der Waals surface area (Å²) >= 11 is 3.33. The molecule has 34 heavy (non-hydrogen) atoms. The lowest BCUT2D eigenvalue weighted by atomic mass is 10.1. The van der Waals surface area contributed by atoms with E-state index in [1.54, 1.807) is 24.3 Å². The number of carbonyl (C=O) groups is 2. The normalized spacial score (nSPS) is 13.6. The number of ether oxygens (including phenoxy) is 1. The number of hydrogen-bond acceptors (Lipinski definition) is 5. The third kappa shape index (κ3) is 6.99. The van der Waals surface area contributed by atoms with Crippen molar-refractivity contribution in [3.05, 3.63) is 52.0 Å². The Morgan fingerprint density at radius 1 is 1.24 bits per heavy atom. The number of halogens is 3. The Balaban J connectivity index is 1.72. The van der Waals surface area contributed by atoms with E-state index in [-0.39, 0.29) is 35.9 Å². The van der Waals surface area contributed by atoms with E-state index in [9.17, 15) is 26.8 Å². The first-order valence-corrected chi connectivity index (χ1v) is 13.0. The van der Waals surface area contributed by atoms with Gasteiger partial charge in [-0.25, -0.2) is 17.2 Å². The molecule has 1 aliphatic carbocycles. The summed E-state index contributed by atoms with van der Waals surface area (Å²) in [6, 6.07) is 9.48. The molecule has 0 saturated heterocycles. The smallest absolute Gasteiger partial charge is 0.272 e. The van der Waals surface area contributed by atoms with Crippen molar-refractivity contribution in [1.82, 2.24) is 4.90 Å². The first kappa shape index (κ1) is 26.1. The Morgan fingerprint density at radius 2 is 1.97 bits per heavy atom. The van der Waals surface area contributed by atoms with Crippen LogP contribution in [0, 0.1) is 0 Å². The number of anilines is 1. The maximum Gasteiger partial charge on any atom is 0.272 e. The molecule has 1 saturated carbocycles. The van der Waals surface area contributed by atoms with Gasteiger partial charge in [-0.05, 0) is 66.8 Å². The highest BCUT2D eigenvalue weighted by Gasteiger charge is 2.38. The van der Waals surface area contributed by atoms with Crippen molar-refractivity contribution >= 4 is 43.8 Å². The van der Waals surface area contributed by atoms with E-state index in [0.29, 0.717) is 36.1 Å². The zero-order chi connectivity index (χ0) is 24.9. The van der Waals surface area contributed by atoms with Crippen LogP contribution in [0.4, 0.5) is 14.5 Å². The second kappa shape index (κ2) is 11.3. The topological polar surface area (TPSA) is 92.8 Å². The molecule has 0 aromatic heterocycles. The maximum absolute atomic E-state index is 12.8. The minimum absolute atomic E-state index is 0.0488. The summed E-state index contributed by atoms with van der Waals surface area (Å²) < 4.78 is 56.4. The number of nitrogens with one attached hydrogen (secondary N) is 1. The fourth-order valence-corrected chi connectivity index (χ4v) is 5.70. The standard InChI is InChI=1S/C23H25BrF2N2O5S/c1-28(14-29)12-16-11-18(4-8-21(16)34(31,32)19-5-6-19)27-23(30)9-2-15-10-17(24)3-7-20(15)33-13-22(25)26/h3-4,7-8,10-11,14,19,22H,2,5-6,9,12-13H2,1H3,(H,27,30). The van der Waals surface area contributed by atoms with Gasteiger partial charge in [0.25, 0.3) is 6.43 Å². The average molecular weight is 559 g/mol. The minimum Gasteiger partial charge on any atom is -0.487 e. The Morgan fingerprint density at radius 3 is 2.62 bits per heavy atom. The van der Waals surface area contributed by atoms with Gasteiger partial charge in [-0.2, -0.15) is 0 Å². The molecule has 2 aromatic rings. The van der Waals surface area contributed by atoms with Crippen LogP contribution in [0.1, 0.15) is 30.4 Å². The van der Waals surface area contributed by atoms with Crippen molar-refractivity contribution < 1.29 is 31.5 Å². The van der Waals surface area contributed by atoms with E-state index in [4.69, 9.17) is 4.74 Å². The van der Waals surface area contributed by atoms with Crippen LogP contribution in [-0.2, 0) is 32.4 Å². The van der Waals surface area contributed by atoms with E-state index in [1.807, 2.05) is 0 Å². The van der Waals surface area contributed by atoms with Gasteiger partial charge in [0.05, 0.1) is 10.1 Å². The van der Waals surface area contributed by atoms with Crippen LogP contribution in [-0.4, -0.2) is 51.0 Å². The molecule has 11 heteroatoms. The molecule has 1 fully saturated rings. The van der Waals surface area contributed by atoms with Crippen LogP contribution < -0.4 is 10.1 Å². The molecule has 0 atom stereocenters. The van der Waals surface area contributed by atoms with Gasteiger partial charge in [0, 0.05) is 30.2 Å². The zero-order valence-corrected chi connectivity index (χ0v) is 20.9. The fourth-order valence-electron chi connectivity index (χ4n) is 3.43. The maximum atomic E-state index is 12.8. The molecule has 0 bridgehead atoms. The lowest BCUT2D eigenvalue weighted by Gasteiger charge is -2.17. The summed E-state index contributed by atoms with van der Waals surface area (Å²) in [5.74, 6) is -0.0580. The minimum atomic E-state index is -3.49. The van der Waals surface area contributed by atoms with Gasteiger partial charge >= 0.3 is 0 Å². The Bertz CT molecular complexity index is 1160. The predicted octanol–water partition coefficient (Wildman–Crippen LogP) is 4.19. The van der Waals surface area contributed by atoms with Gasteiger partial charge in [0.1, 0.15) is 12.4 Å². The van der Waals surface area contributed by atoms with Crippen LogP contribution in [0.15, 0.2) is 45.8 Å². The third-order valence-electron chi connectivity index (χ3n) is 5.22. The van der Waals surface area contributed by atoms with E-state index < -0.39 is 28.1 Å². The molecule has 7 nitrogen and oxygen atoms in total. The summed E-state index contributed by atoms with van der Waals surface area (Å²) in [7, 11) is -1.95. The number of amides is 2. The van der Waals surface area contributed by atoms with Crippen molar-refractivity contribution in [3.63, 3.8) is 0 Å². The molecule has 1 N–H and O–H groups in total. The van der Waals surface area contributed by atoms with Crippen molar-refractivity contribution in [2.45, 2.75) is 48.8 Å². The molecule has 1 aliphatic rings. The van der Waals surface area contributed by atoms with Crippen molar-refractivity contribution in [2.24, 2.45) is 0 Å². The van der Waals surface area contributed by atoms with Crippen LogP contribution in [0.25, 0.3) is 0 Å². The number of alkyl halides is 2. The quantitative estimate of drug-likeness (QED) is 0.394.